The Morgan fingerprint density at radius 3 is 2.46 bits per heavy atom. The van der Waals surface area contributed by atoms with Gasteiger partial charge in [0.1, 0.15) is 5.82 Å². The molecule has 2 aromatic rings. The monoisotopic (exact) mass is 325 g/mol. The fourth-order valence-electron chi connectivity index (χ4n) is 2.82. The van der Waals surface area contributed by atoms with Gasteiger partial charge < -0.3 is 15.5 Å². The summed E-state index contributed by atoms with van der Waals surface area (Å²) in [6, 6.07) is 9.06. The fourth-order valence-corrected chi connectivity index (χ4v) is 2.82. The quantitative estimate of drug-likeness (QED) is 0.797. The topological polar surface area (TPSA) is 53.1 Å². The van der Waals surface area contributed by atoms with Gasteiger partial charge in [-0.2, -0.15) is 4.98 Å². The van der Waals surface area contributed by atoms with Crippen LogP contribution in [0, 0.1) is 13.8 Å². The van der Waals surface area contributed by atoms with E-state index in [2.05, 4.69) is 64.5 Å². The Hall–Kier alpha value is -2.30. The standard InChI is InChI=1S/C19H27N5/c1-5-24(6-2)16-9-10-17(13(3)11-16)22-18-12-14(4)20-19(23-18)21-15-7-8-15/h9-12,15H,5-8H2,1-4H3,(H2,20,21,22,23). The third kappa shape index (κ3) is 3.96. The van der Waals surface area contributed by atoms with Crippen molar-refractivity contribution in [2.24, 2.45) is 0 Å². The molecule has 0 radical (unpaired) electrons. The number of benzene rings is 1. The lowest BCUT2D eigenvalue weighted by molar-refractivity contribution is 0.866. The van der Waals surface area contributed by atoms with Crippen LogP contribution in [0.4, 0.5) is 23.1 Å². The molecule has 0 amide bonds. The molecule has 5 nitrogen and oxygen atoms in total. The highest BCUT2D eigenvalue weighted by molar-refractivity contribution is 5.66. The number of hydrogen-bond acceptors (Lipinski definition) is 5. The summed E-state index contributed by atoms with van der Waals surface area (Å²) in [4.78, 5) is 11.4. The molecule has 0 bridgehead atoms. The first-order chi connectivity index (χ1) is 11.6. The Bertz CT molecular complexity index is 705. The van der Waals surface area contributed by atoms with Crippen LogP contribution in [-0.2, 0) is 0 Å². The second-order valence-corrected chi connectivity index (χ2v) is 6.43. The molecule has 1 aliphatic carbocycles. The van der Waals surface area contributed by atoms with Crippen LogP contribution in [0.5, 0.6) is 0 Å². The molecular formula is C19H27N5. The van der Waals surface area contributed by atoms with Crippen LogP contribution in [-0.4, -0.2) is 29.1 Å². The Labute approximate surface area is 144 Å². The molecule has 0 saturated heterocycles. The van der Waals surface area contributed by atoms with Crippen molar-refractivity contribution in [2.75, 3.05) is 28.6 Å². The number of aromatic nitrogens is 2. The Balaban J connectivity index is 1.79. The summed E-state index contributed by atoms with van der Waals surface area (Å²) in [5.74, 6) is 1.56. The Morgan fingerprint density at radius 2 is 1.83 bits per heavy atom. The summed E-state index contributed by atoms with van der Waals surface area (Å²) < 4.78 is 0. The molecule has 5 heteroatoms. The first-order valence-electron chi connectivity index (χ1n) is 8.84. The van der Waals surface area contributed by atoms with Crippen molar-refractivity contribution in [2.45, 2.75) is 46.6 Å². The van der Waals surface area contributed by atoms with E-state index in [1.54, 1.807) is 0 Å². The summed E-state index contributed by atoms with van der Waals surface area (Å²) in [5.41, 5.74) is 4.53. The molecule has 1 aromatic carbocycles. The van der Waals surface area contributed by atoms with E-state index in [1.807, 2.05) is 13.0 Å². The van der Waals surface area contributed by atoms with Crippen molar-refractivity contribution < 1.29 is 0 Å². The molecule has 24 heavy (non-hydrogen) atoms. The molecule has 1 aromatic heterocycles. The number of nitrogens with one attached hydrogen (secondary N) is 2. The van der Waals surface area contributed by atoms with E-state index in [9.17, 15) is 0 Å². The van der Waals surface area contributed by atoms with Crippen LogP contribution < -0.4 is 15.5 Å². The third-order valence-electron chi connectivity index (χ3n) is 4.37. The van der Waals surface area contributed by atoms with E-state index >= 15 is 0 Å². The van der Waals surface area contributed by atoms with Crippen molar-refractivity contribution in [3.63, 3.8) is 0 Å². The van der Waals surface area contributed by atoms with Gasteiger partial charge in [-0.15, -0.1) is 0 Å². The van der Waals surface area contributed by atoms with Crippen molar-refractivity contribution in [3.05, 3.63) is 35.5 Å². The molecule has 3 rings (SSSR count). The second-order valence-electron chi connectivity index (χ2n) is 6.43. The predicted molar refractivity (Wildman–Crippen MR) is 101 cm³/mol. The lowest BCUT2D eigenvalue weighted by atomic mass is 10.1. The van der Waals surface area contributed by atoms with E-state index in [1.165, 1.54) is 24.1 Å². The molecule has 1 heterocycles. The van der Waals surface area contributed by atoms with E-state index in [-0.39, 0.29) is 0 Å². The number of hydrogen-bond donors (Lipinski definition) is 2. The molecule has 128 valence electrons. The highest BCUT2D eigenvalue weighted by atomic mass is 15.2. The lowest BCUT2D eigenvalue weighted by Gasteiger charge is -2.22. The minimum atomic E-state index is 0.551. The molecule has 0 unspecified atom stereocenters. The van der Waals surface area contributed by atoms with Crippen LogP contribution in [0.2, 0.25) is 0 Å². The van der Waals surface area contributed by atoms with Gasteiger partial charge in [-0.1, -0.05) is 0 Å². The third-order valence-corrected chi connectivity index (χ3v) is 4.37. The van der Waals surface area contributed by atoms with Crippen LogP contribution in [0.3, 0.4) is 0 Å². The minimum absolute atomic E-state index is 0.551. The van der Waals surface area contributed by atoms with Gasteiger partial charge in [0.15, 0.2) is 0 Å². The molecule has 2 N–H and O–H groups in total. The van der Waals surface area contributed by atoms with E-state index in [0.717, 1.165) is 36.2 Å². The fraction of sp³-hybridized carbons (Fsp3) is 0.474. The molecular weight excluding hydrogens is 298 g/mol. The molecule has 0 atom stereocenters. The number of nitrogens with zero attached hydrogens (tertiary/aromatic N) is 3. The van der Waals surface area contributed by atoms with Gasteiger partial charge in [-0.05, 0) is 64.3 Å². The largest absolute Gasteiger partial charge is 0.372 e. The summed E-state index contributed by atoms with van der Waals surface area (Å²) in [6.45, 7) is 10.5. The van der Waals surface area contributed by atoms with E-state index in [0.29, 0.717) is 6.04 Å². The molecule has 0 aliphatic heterocycles. The van der Waals surface area contributed by atoms with Gasteiger partial charge >= 0.3 is 0 Å². The molecule has 1 fully saturated rings. The van der Waals surface area contributed by atoms with Crippen molar-refractivity contribution in [1.29, 1.82) is 0 Å². The van der Waals surface area contributed by atoms with Crippen molar-refractivity contribution >= 4 is 23.1 Å². The maximum absolute atomic E-state index is 4.60. The van der Waals surface area contributed by atoms with Gasteiger partial charge in [0.05, 0.1) is 0 Å². The van der Waals surface area contributed by atoms with Gasteiger partial charge in [-0.3, -0.25) is 0 Å². The van der Waals surface area contributed by atoms with E-state index < -0.39 is 0 Å². The van der Waals surface area contributed by atoms with E-state index in [4.69, 9.17) is 0 Å². The van der Waals surface area contributed by atoms with Crippen LogP contribution in [0.25, 0.3) is 0 Å². The summed E-state index contributed by atoms with van der Waals surface area (Å²) in [5, 5.41) is 6.81. The molecule has 0 spiro atoms. The highest BCUT2D eigenvalue weighted by Gasteiger charge is 2.22. The number of rotatable bonds is 7. The lowest BCUT2D eigenvalue weighted by Crippen LogP contribution is -2.21. The first-order valence-corrected chi connectivity index (χ1v) is 8.84. The first kappa shape index (κ1) is 16.6. The maximum atomic E-state index is 4.60. The SMILES string of the molecule is CCN(CC)c1ccc(Nc2cc(C)nc(NC3CC3)n2)c(C)c1. The van der Waals surface area contributed by atoms with Gasteiger partial charge in [0, 0.05) is 42.3 Å². The average molecular weight is 325 g/mol. The van der Waals surface area contributed by atoms with Crippen molar-refractivity contribution in [1.82, 2.24) is 9.97 Å². The predicted octanol–water partition coefficient (Wildman–Crippen LogP) is 4.26. The van der Waals surface area contributed by atoms with Gasteiger partial charge in [0.2, 0.25) is 5.95 Å². The zero-order chi connectivity index (χ0) is 17.1. The highest BCUT2D eigenvalue weighted by Crippen LogP contribution is 2.27. The molecule has 1 saturated carbocycles. The zero-order valence-corrected chi connectivity index (χ0v) is 15.1. The van der Waals surface area contributed by atoms with Gasteiger partial charge in [-0.25, -0.2) is 4.98 Å². The average Bonchev–Trinajstić information content (AvgIpc) is 3.34. The Morgan fingerprint density at radius 1 is 1.08 bits per heavy atom. The summed E-state index contributed by atoms with van der Waals surface area (Å²) in [6.07, 6.45) is 2.43. The van der Waals surface area contributed by atoms with Crippen molar-refractivity contribution in [3.8, 4) is 0 Å². The van der Waals surface area contributed by atoms with Crippen LogP contribution in [0.15, 0.2) is 24.3 Å². The normalized spacial score (nSPS) is 13.7. The smallest absolute Gasteiger partial charge is 0.225 e. The van der Waals surface area contributed by atoms with Crippen LogP contribution >= 0.6 is 0 Å². The summed E-state index contributed by atoms with van der Waals surface area (Å²) in [7, 11) is 0. The van der Waals surface area contributed by atoms with Gasteiger partial charge in [0.25, 0.3) is 0 Å². The maximum Gasteiger partial charge on any atom is 0.225 e. The Kier molecular flexibility index (Phi) is 4.88. The molecule has 1 aliphatic rings. The second kappa shape index (κ2) is 7.07. The minimum Gasteiger partial charge on any atom is -0.372 e. The number of anilines is 4. The number of aryl methyl sites for hydroxylation is 2. The summed E-state index contributed by atoms with van der Waals surface area (Å²) >= 11 is 0. The zero-order valence-electron chi connectivity index (χ0n) is 15.1. The van der Waals surface area contributed by atoms with Crippen LogP contribution in [0.1, 0.15) is 37.9 Å².